The standard InChI is InChI=1S/C15H20ClN3O3/c1-11(20)19-13-5-2-4-12(10-13)15(22)18-9-8-17-14(21)6-3-7-16/h2,4-5,10H,3,6-9H2,1H3,(H,17,21)(H,18,22)(H,19,20). The zero-order valence-electron chi connectivity index (χ0n) is 12.4. The van der Waals surface area contributed by atoms with Gasteiger partial charge in [0.25, 0.3) is 5.91 Å². The molecule has 0 radical (unpaired) electrons. The molecule has 0 unspecified atom stereocenters. The molecule has 0 heterocycles. The molecular formula is C15H20ClN3O3. The number of halogens is 1. The quantitative estimate of drug-likeness (QED) is 0.500. The molecule has 0 fully saturated rings. The van der Waals surface area contributed by atoms with Crippen LogP contribution in [0.15, 0.2) is 24.3 Å². The normalized spacial score (nSPS) is 9.91. The van der Waals surface area contributed by atoms with Crippen LogP contribution in [0.5, 0.6) is 0 Å². The van der Waals surface area contributed by atoms with Crippen LogP contribution in [0.25, 0.3) is 0 Å². The number of nitrogens with one attached hydrogen (secondary N) is 3. The molecule has 0 aromatic heterocycles. The molecule has 7 heteroatoms. The number of hydrogen-bond donors (Lipinski definition) is 3. The summed E-state index contributed by atoms with van der Waals surface area (Å²) in [5, 5.41) is 8.01. The van der Waals surface area contributed by atoms with E-state index in [4.69, 9.17) is 11.6 Å². The Balaban J connectivity index is 2.36. The molecule has 6 nitrogen and oxygen atoms in total. The maximum atomic E-state index is 11.9. The monoisotopic (exact) mass is 325 g/mol. The fourth-order valence-corrected chi connectivity index (χ4v) is 1.87. The SMILES string of the molecule is CC(=O)Nc1cccc(C(=O)NCCNC(=O)CCCCl)c1. The molecule has 120 valence electrons. The summed E-state index contributed by atoms with van der Waals surface area (Å²) in [5.74, 6) is -0.0867. The minimum Gasteiger partial charge on any atom is -0.354 e. The Morgan fingerprint density at radius 3 is 2.55 bits per heavy atom. The van der Waals surface area contributed by atoms with Crippen molar-refractivity contribution >= 4 is 35.0 Å². The minimum atomic E-state index is -0.262. The van der Waals surface area contributed by atoms with Gasteiger partial charge in [-0.1, -0.05) is 6.07 Å². The van der Waals surface area contributed by atoms with E-state index in [-0.39, 0.29) is 17.7 Å². The van der Waals surface area contributed by atoms with Crippen molar-refractivity contribution in [3.05, 3.63) is 29.8 Å². The molecule has 0 atom stereocenters. The summed E-state index contributed by atoms with van der Waals surface area (Å²) in [5.41, 5.74) is 1.01. The summed E-state index contributed by atoms with van der Waals surface area (Å²) in [7, 11) is 0. The van der Waals surface area contributed by atoms with E-state index in [9.17, 15) is 14.4 Å². The molecule has 22 heavy (non-hydrogen) atoms. The third kappa shape index (κ3) is 7.08. The Hall–Kier alpha value is -2.08. The van der Waals surface area contributed by atoms with Crippen LogP contribution in [-0.2, 0) is 9.59 Å². The molecule has 1 aromatic carbocycles. The molecule has 1 aromatic rings. The predicted molar refractivity (Wildman–Crippen MR) is 86.0 cm³/mol. The number of anilines is 1. The van der Waals surface area contributed by atoms with Gasteiger partial charge in [-0.25, -0.2) is 0 Å². The molecule has 0 aliphatic rings. The highest BCUT2D eigenvalue weighted by Gasteiger charge is 2.06. The third-order valence-corrected chi connectivity index (χ3v) is 2.98. The van der Waals surface area contributed by atoms with E-state index in [0.29, 0.717) is 43.1 Å². The lowest BCUT2D eigenvalue weighted by atomic mass is 10.2. The van der Waals surface area contributed by atoms with E-state index in [0.717, 1.165) is 0 Å². The predicted octanol–water partition coefficient (Wildman–Crippen LogP) is 1.51. The molecule has 3 N–H and O–H groups in total. The van der Waals surface area contributed by atoms with Crippen LogP contribution >= 0.6 is 11.6 Å². The van der Waals surface area contributed by atoms with Crippen molar-refractivity contribution in [2.24, 2.45) is 0 Å². The highest BCUT2D eigenvalue weighted by molar-refractivity contribution is 6.17. The average molecular weight is 326 g/mol. The highest BCUT2D eigenvalue weighted by Crippen LogP contribution is 2.10. The van der Waals surface area contributed by atoms with E-state index in [2.05, 4.69) is 16.0 Å². The second-order valence-corrected chi connectivity index (χ2v) is 5.04. The first kappa shape index (κ1) is 18.0. The van der Waals surface area contributed by atoms with Crippen LogP contribution < -0.4 is 16.0 Å². The van der Waals surface area contributed by atoms with Gasteiger partial charge in [0.2, 0.25) is 11.8 Å². The van der Waals surface area contributed by atoms with E-state index in [1.807, 2.05) is 0 Å². The van der Waals surface area contributed by atoms with Gasteiger partial charge in [0, 0.05) is 43.6 Å². The molecule has 0 saturated heterocycles. The molecule has 0 aliphatic heterocycles. The van der Waals surface area contributed by atoms with Gasteiger partial charge in [0.05, 0.1) is 0 Å². The van der Waals surface area contributed by atoms with Crippen LogP contribution in [-0.4, -0.2) is 36.7 Å². The second-order valence-electron chi connectivity index (χ2n) is 4.66. The van der Waals surface area contributed by atoms with Crippen LogP contribution in [0, 0.1) is 0 Å². The molecule has 0 spiro atoms. The lowest BCUT2D eigenvalue weighted by Crippen LogP contribution is -2.34. The van der Waals surface area contributed by atoms with Crippen molar-refractivity contribution < 1.29 is 14.4 Å². The molecule has 1 rings (SSSR count). The van der Waals surface area contributed by atoms with Crippen molar-refractivity contribution in [3.63, 3.8) is 0 Å². The minimum absolute atomic E-state index is 0.0810. The van der Waals surface area contributed by atoms with Gasteiger partial charge in [-0.3, -0.25) is 14.4 Å². The second kappa shape index (κ2) is 9.78. The number of amides is 3. The van der Waals surface area contributed by atoms with Crippen molar-refractivity contribution in [2.45, 2.75) is 19.8 Å². The molecule has 3 amide bonds. The number of carbonyl (C=O) groups is 3. The summed E-state index contributed by atoms with van der Waals surface area (Å²) < 4.78 is 0. The number of rotatable bonds is 8. The number of benzene rings is 1. The van der Waals surface area contributed by atoms with Crippen molar-refractivity contribution in [2.75, 3.05) is 24.3 Å². The number of carbonyl (C=O) groups excluding carboxylic acids is 3. The number of alkyl halides is 1. The Kier molecular flexibility index (Phi) is 7.99. The summed E-state index contributed by atoms with van der Waals surface area (Å²) >= 11 is 5.50. The zero-order chi connectivity index (χ0) is 16.4. The van der Waals surface area contributed by atoms with Gasteiger partial charge in [-0.15, -0.1) is 11.6 Å². The maximum Gasteiger partial charge on any atom is 0.251 e. The Morgan fingerprint density at radius 1 is 1.14 bits per heavy atom. The lowest BCUT2D eigenvalue weighted by Gasteiger charge is -2.08. The smallest absolute Gasteiger partial charge is 0.251 e. The molecule has 0 aliphatic carbocycles. The summed E-state index contributed by atoms with van der Waals surface area (Å²) in [6.45, 7) is 2.09. The largest absolute Gasteiger partial charge is 0.354 e. The van der Waals surface area contributed by atoms with Gasteiger partial charge in [-0.05, 0) is 24.6 Å². The molecule has 0 bridgehead atoms. The maximum absolute atomic E-state index is 11.9. The van der Waals surface area contributed by atoms with Gasteiger partial charge in [0.15, 0.2) is 0 Å². The van der Waals surface area contributed by atoms with E-state index in [1.165, 1.54) is 6.92 Å². The van der Waals surface area contributed by atoms with Gasteiger partial charge >= 0.3 is 0 Å². The fourth-order valence-electron chi connectivity index (χ4n) is 1.74. The highest BCUT2D eigenvalue weighted by atomic mass is 35.5. The Bertz CT molecular complexity index is 535. The fraction of sp³-hybridized carbons (Fsp3) is 0.400. The average Bonchev–Trinajstić information content (AvgIpc) is 2.49. The molecular weight excluding hydrogens is 306 g/mol. The van der Waals surface area contributed by atoms with Crippen molar-refractivity contribution in [3.8, 4) is 0 Å². The van der Waals surface area contributed by atoms with Crippen LogP contribution in [0.3, 0.4) is 0 Å². The van der Waals surface area contributed by atoms with Crippen LogP contribution in [0.4, 0.5) is 5.69 Å². The van der Waals surface area contributed by atoms with E-state index in [1.54, 1.807) is 24.3 Å². The summed E-state index contributed by atoms with van der Waals surface area (Å²) in [6.07, 6.45) is 1.02. The third-order valence-electron chi connectivity index (χ3n) is 2.72. The van der Waals surface area contributed by atoms with E-state index >= 15 is 0 Å². The first-order chi connectivity index (χ1) is 10.5. The Morgan fingerprint density at radius 2 is 1.86 bits per heavy atom. The van der Waals surface area contributed by atoms with Gasteiger partial charge < -0.3 is 16.0 Å². The lowest BCUT2D eigenvalue weighted by molar-refractivity contribution is -0.121. The Labute approximate surface area is 134 Å². The van der Waals surface area contributed by atoms with E-state index < -0.39 is 0 Å². The summed E-state index contributed by atoms with van der Waals surface area (Å²) in [4.78, 5) is 34.3. The van der Waals surface area contributed by atoms with Crippen LogP contribution in [0.1, 0.15) is 30.1 Å². The van der Waals surface area contributed by atoms with Gasteiger partial charge in [-0.2, -0.15) is 0 Å². The van der Waals surface area contributed by atoms with Crippen molar-refractivity contribution in [1.29, 1.82) is 0 Å². The topological polar surface area (TPSA) is 87.3 Å². The van der Waals surface area contributed by atoms with Crippen molar-refractivity contribution in [1.82, 2.24) is 10.6 Å². The first-order valence-corrected chi connectivity index (χ1v) is 7.55. The first-order valence-electron chi connectivity index (χ1n) is 7.01. The summed E-state index contributed by atoms with van der Waals surface area (Å²) in [6, 6.07) is 6.64. The van der Waals surface area contributed by atoms with Crippen LogP contribution in [0.2, 0.25) is 0 Å². The number of hydrogen-bond acceptors (Lipinski definition) is 3. The van der Waals surface area contributed by atoms with Gasteiger partial charge in [0.1, 0.15) is 0 Å². The zero-order valence-corrected chi connectivity index (χ0v) is 13.2. The molecule has 0 saturated carbocycles.